The van der Waals surface area contributed by atoms with Crippen LogP contribution in [0.25, 0.3) is 27.3 Å². The molecule has 94 valence electrons. The van der Waals surface area contributed by atoms with Gasteiger partial charge in [-0.25, -0.2) is 4.98 Å². The molecule has 0 amide bonds. The van der Waals surface area contributed by atoms with Crippen LogP contribution >= 0.6 is 0 Å². The van der Waals surface area contributed by atoms with E-state index in [2.05, 4.69) is 41.7 Å². The van der Waals surface area contributed by atoms with Crippen molar-refractivity contribution >= 4 is 27.3 Å². The minimum absolute atomic E-state index is 0.885. The highest BCUT2D eigenvalue weighted by atomic mass is 16.5. The zero-order valence-electron chi connectivity index (χ0n) is 11.0. The van der Waals surface area contributed by atoms with Crippen LogP contribution in [0.15, 0.2) is 36.4 Å². The first-order valence-corrected chi connectivity index (χ1v) is 6.52. The molecule has 4 aromatic rings. The van der Waals surface area contributed by atoms with E-state index in [1.54, 1.807) is 7.11 Å². The van der Waals surface area contributed by atoms with E-state index in [0.29, 0.717) is 0 Å². The number of fused-ring (bicyclic) bond motifs is 3. The predicted octanol–water partition coefficient (Wildman–Crippen LogP) is 3.65. The number of hydrogen-bond donors (Lipinski definition) is 0. The lowest BCUT2D eigenvalue weighted by atomic mass is 10.1. The Balaban J connectivity index is 2.31. The van der Waals surface area contributed by atoms with E-state index in [-0.39, 0.29) is 0 Å². The van der Waals surface area contributed by atoms with E-state index in [4.69, 9.17) is 9.72 Å². The number of nitrogens with zero attached hydrogens (tertiary/aromatic N) is 2. The standard InChI is InChI=1S/C16H14N2O/c1-3-15-17-13-6-4-5-12-11-8-7-10(19-2)9-14(11)18(15)16(12)13/h4-9H,3H2,1-2H3. The molecule has 0 spiro atoms. The van der Waals surface area contributed by atoms with Gasteiger partial charge in [0.2, 0.25) is 0 Å². The van der Waals surface area contributed by atoms with Crippen molar-refractivity contribution in [2.75, 3.05) is 7.11 Å². The Hall–Kier alpha value is -2.29. The third kappa shape index (κ3) is 1.24. The zero-order valence-corrected chi connectivity index (χ0v) is 11.0. The molecule has 19 heavy (non-hydrogen) atoms. The quantitative estimate of drug-likeness (QED) is 0.543. The first-order chi connectivity index (χ1) is 9.33. The summed E-state index contributed by atoms with van der Waals surface area (Å²) in [6, 6.07) is 12.6. The normalized spacial score (nSPS) is 11.9. The maximum absolute atomic E-state index is 5.35. The molecule has 2 aromatic carbocycles. The second kappa shape index (κ2) is 3.60. The second-order valence-electron chi connectivity index (χ2n) is 4.77. The van der Waals surface area contributed by atoms with Gasteiger partial charge in [-0.2, -0.15) is 0 Å². The molecule has 3 heteroatoms. The number of benzene rings is 2. The van der Waals surface area contributed by atoms with Gasteiger partial charge >= 0.3 is 0 Å². The van der Waals surface area contributed by atoms with Gasteiger partial charge in [-0.05, 0) is 18.2 Å². The van der Waals surface area contributed by atoms with E-state index in [9.17, 15) is 0 Å². The maximum atomic E-state index is 5.35. The molecule has 3 nitrogen and oxygen atoms in total. The number of imidazole rings is 1. The van der Waals surface area contributed by atoms with Crippen molar-refractivity contribution < 1.29 is 4.74 Å². The molecule has 0 bridgehead atoms. The van der Waals surface area contributed by atoms with Crippen LogP contribution in [-0.2, 0) is 6.42 Å². The molecule has 0 N–H and O–H groups in total. The summed E-state index contributed by atoms with van der Waals surface area (Å²) in [5, 5.41) is 2.53. The van der Waals surface area contributed by atoms with E-state index in [1.807, 2.05) is 6.07 Å². The Morgan fingerprint density at radius 1 is 1.16 bits per heavy atom. The second-order valence-corrected chi connectivity index (χ2v) is 4.77. The number of para-hydroxylation sites is 1. The van der Waals surface area contributed by atoms with Crippen LogP contribution in [-0.4, -0.2) is 16.5 Å². The molecule has 0 saturated heterocycles. The largest absolute Gasteiger partial charge is 0.497 e. The van der Waals surface area contributed by atoms with Crippen LogP contribution in [0.4, 0.5) is 0 Å². The monoisotopic (exact) mass is 250 g/mol. The van der Waals surface area contributed by atoms with Gasteiger partial charge in [-0.15, -0.1) is 0 Å². The number of methoxy groups -OCH3 is 1. The van der Waals surface area contributed by atoms with E-state index >= 15 is 0 Å². The van der Waals surface area contributed by atoms with Crippen molar-refractivity contribution in [3.8, 4) is 5.75 Å². The highest BCUT2D eigenvalue weighted by Gasteiger charge is 2.16. The molecule has 0 aliphatic rings. The van der Waals surface area contributed by atoms with Crippen molar-refractivity contribution in [3.63, 3.8) is 0 Å². The Bertz CT molecular complexity index is 892. The summed E-state index contributed by atoms with van der Waals surface area (Å²) in [4.78, 5) is 4.72. The van der Waals surface area contributed by atoms with Crippen LogP contribution in [0.1, 0.15) is 12.7 Å². The predicted molar refractivity (Wildman–Crippen MR) is 77.3 cm³/mol. The summed E-state index contributed by atoms with van der Waals surface area (Å²) in [5.41, 5.74) is 3.48. The number of aryl methyl sites for hydroxylation is 1. The molecule has 0 saturated carbocycles. The van der Waals surface area contributed by atoms with Crippen LogP contribution in [0.3, 0.4) is 0 Å². The minimum atomic E-state index is 0.885. The molecule has 4 rings (SSSR count). The highest BCUT2D eigenvalue weighted by molar-refractivity contribution is 6.13. The average Bonchev–Trinajstić information content (AvgIpc) is 2.99. The summed E-state index contributed by atoms with van der Waals surface area (Å²) in [6.45, 7) is 2.14. The van der Waals surface area contributed by atoms with Gasteiger partial charge in [-0.1, -0.05) is 19.1 Å². The minimum Gasteiger partial charge on any atom is -0.497 e. The van der Waals surface area contributed by atoms with Gasteiger partial charge in [-0.3, -0.25) is 4.40 Å². The van der Waals surface area contributed by atoms with Gasteiger partial charge < -0.3 is 4.74 Å². The first kappa shape index (κ1) is 10.6. The molecular formula is C16H14N2O. The SMILES string of the molecule is CCc1nc2cccc3c4ccc(OC)cc4n1c23. The number of ether oxygens (including phenoxy) is 1. The maximum Gasteiger partial charge on any atom is 0.120 e. The van der Waals surface area contributed by atoms with Crippen LogP contribution in [0.2, 0.25) is 0 Å². The Morgan fingerprint density at radius 2 is 2.05 bits per heavy atom. The van der Waals surface area contributed by atoms with E-state index in [0.717, 1.165) is 23.5 Å². The molecule has 0 atom stereocenters. The molecule has 0 unspecified atom stereocenters. The smallest absolute Gasteiger partial charge is 0.120 e. The summed E-state index contributed by atoms with van der Waals surface area (Å²) in [7, 11) is 1.70. The lowest BCUT2D eigenvalue weighted by Gasteiger charge is -2.01. The lowest BCUT2D eigenvalue weighted by molar-refractivity contribution is 0.415. The van der Waals surface area contributed by atoms with Crippen molar-refractivity contribution in [1.82, 2.24) is 9.38 Å². The molecular weight excluding hydrogens is 236 g/mol. The average molecular weight is 250 g/mol. The molecule has 2 aromatic heterocycles. The van der Waals surface area contributed by atoms with Crippen LogP contribution in [0, 0.1) is 0 Å². The van der Waals surface area contributed by atoms with Crippen molar-refractivity contribution in [2.45, 2.75) is 13.3 Å². The summed E-state index contributed by atoms with van der Waals surface area (Å²) in [5.74, 6) is 1.99. The third-order valence-corrected chi connectivity index (χ3v) is 3.80. The number of aromatic nitrogens is 2. The zero-order chi connectivity index (χ0) is 13.0. The fourth-order valence-electron chi connectivity index (χ4n) is 2.94. The van der Waals surface area contributed by atoms with Gasteiger partial charge in [0.05, 0.1) is 23.7 Å². The van der Waals surface area contributed by atoms with E-state index < -0.39 is 0 Å². The van der Waals surface area contributed by atoms with Crippen molar-refractivity contribution in [3.05, 3.63) is 42.2 Å². The number of hydrogen-bond acceptors (Lipinski definition) is 2. The fourth-order valence-corrected chi connectivity index (χ4v) is 2.94. The molecule has 0 aliphatic carbocycles. The Labute approximate surface area is 110 Å². The van der Waals surface area contributed by atoms with Gasteiger partial charge in [0, 0.05) is 23.3 Å². The third-order valence-electron chi connectivity index (χ3n) is 3.80. The number of rotatable bonds is 2. The summed E-state index contributed by atoms with van der Waals surface area (Å²) >= 11 is 0. The highest BCUT2D eigenvalue weighted by Crippen LogP contribution is 2.34. The van der Waals surface area contributed by atoms with Crippen molar-refractivity contribution in [2.24, 2.45) is 0 Å². The van der Waals surface area contributed by atoms with Crippen LogP contribution < -0.4 is 4.74 Å². The Morgan fingerprint density at radius 3 is 2.84 bits per heavy atom. The van der Waals surface area contributed by atoms with Gasteiger partial charge in [0.15, 0.2) is 0 Å². The lowest BCUT2D eigenvalue weighted by Crippen LogP contribution is -1.91. The Kier molecular flexibility index (Phi) is 2.01. The molecule has 0 fully saturated rings. The molecule has 2 heterocycles. The van der Waals surface area contributed by atoms with Crippen LogP contribution in [0.5, 0.6) is 5.75 Å². The van der Waals surface area contributed by atoms with Gasteiger partial charge in [0.1, 0.15) is 11.6 Å². The molecule has 0 radical (unpaired) electrons. The molecule has 0 aliphatic heterocycles. The fraction of sp³-hybridized carbons (Fsp3) is 0.188. The van der Waals surface area contributed by atoms with E-state index in [1.165, 1.54) is 21.8 Å². The summed E-state index contributed by atoms with van der Waals surface area (Å²) in [6.07, 6.45) is 0.921. The van der Waals surface area contributed by atoms with Gasteiger partial charge in [0.25, 0.3) is 0 Å². The topological polar surface area (TPSA) is 26.5 Å². The van der Waals surface area contributed by atoms with Crippen molar-refractivity contribution in [1.29, 1.82) is 0 Å². The summed E-state index contributed by atoms with van der Waals surface area (Å²) < 4.78 is 7.62. The first-order valence-electron chi connectivity index (χ1n) is 6.52.